The van der Waals surface area contributed by atoms with E-state index in [-0.39, 0.29) is 17.6 Å². The minimum absolute atomic E-state index is 0.0173. The van der Waals surface area contributed by atoms with E-state index in [2.05, 4.69) is 20.2 Å². The Hall–Kier alpha value is -2.21. The smallest absolute Gasteiger partial charge is 0.225 e. The van der Waals surface area contributed by atoms with Gasteiger partial charge in [0.15, 0.2) is 11.6 Å². The van der Waals surface area contributed by atoms with E-state index in [0.29, 0.717) is 6.54 Å². The molecule has 24 heavy (non-hydrogen) atoms. The minimum Gasteiger partial charge on any atom is -0.494 e. The number of hydrogen-bond acceptors (Lipinski definition) is 5. The highest BCUT2D eigenvalue weighted by Crippen LogP contribution is 2.22. The maximum Gasteiger partial charge on any atom is 0.225 e. The van der Waals surface area contributed by atoms with Crippen molar-refractivity contribution in [2.45, 2.75) is 32.4 Å². The lowest BCUT2D eigenvalue weighted by Crippen LogP contribution is -2.21. The molecule has 3 rings (SSSR count). The zero-order valence-electron chi connectivity index (χ0n) is 14.1. The summed E-state index contributed by atoms with van der Waals surface area (Å²) in [4.78, 5) is 11.1. The third kappa shape index (κ3) is 3.82. The minimum atomic E-state index is -0.345. The highest BCUT2D eigenvalue weighted by molar-refractivity contribution is 5.32. The van der Waals surface area contributed by atoms with Gasteiger partial charge in [0.2, 0.25) is 5.95 Å². The first-order chi connectivity index (χ1) is 11.7. The van der Waals surface area contributed by atoms with Crippen LogP contribution in [0.25, 0.3) is 0 Å². The number of methoxy groups -OCH3 is 1. The van der Waals surface area contributed by atoms with E-state index in [0.717, 1.165) is 30.2 Å². The van der Waals surface area contributed by atoms with Crippen LogP contribution in [0.5, 0.6) is 5.75 Å². The largest absolute Gasteiger partial charge is 0.494 e. The molecule has 0 spiro atoms. The topological polar surface area (TPSA) is 50.3 Å². The predicted molar refractivity (Wildman–Crippen MR) is 91.7 cm³/mol. The highest BCUT2D eigenvalue weighted by Gasteiger charge is 2.14. The Morgan fingerprint density at radius 1 is 1.25 bits per heavy atom. The molecule has 1 atom stereocenters. The summed E-state index contributed by atoms with van der Waals surface area (Å²) in [6.07, 6.45) is 6.13. The van der Waals surface area contributed by atoms with Gasteiger partial charge >= 0.3 is 0 Å². The molecule has 1 saturated heterocycles. The number of benzene rings is 1. The van der Waals surface area contributed by atoms with E-state index < -0.39 is 0 Å². The van der Waals surface area contributed by atoms with Crippen molar-refractivity contribution in [2.24, 2.45) is 0 Å². The number of nitrogens with one attached hydrogen (secondary N) is 1. The van der Waals surface area contributed by atoms with Crippen molar-refractivity contribution in [3.8, 4) is 5.75 Å². The van der Waals surface area contributed by atoms with Crippen LogP contribution in [-0.4, -0.2) is 30.2 Å². The molecule has 2 aromatic rings. The van der Waals surface area contributed by atoms with E-state index in [1.807, 2.05) is 25.4 Å². The van der Waals surface area contributed by atoms with Gasteiger partial charge in [-0.2, -0.15) is 0 Å². The van der Waals surface area contributed by atoms with Crippen molar-refractivity contribution in [1.29, 1.82) is 0 Å². The molecule has 0 aliphatic carbocycles. The van der Waals surface area contributed by atoms with Crippen LogP contribution in [0.2, 0.25) is 0 Å². The van der Waals surface area contributed by atoms with Gasteiger partial charge in [-0.25, -0.2) is 14.4 Å². The van der Waals surface area contributed by atoms with Gasteiger partial charge in [-0.1, -0.05) is 6.07 Å². The quantitative estimate of drug-likeness (QED) is 0.882. The molecule has 1 aliphatic rings. The lowest BCUT2D eigenvalue weighted by molar-refractivity contribution is 0.385. The molecule has 1 aliphatic heterocycles. The van der Waals surface area contributed by atoms with Gasteiger partial charge in [0.25, 0.3) is 0 Å². The fourth-order valence-electron chi connectivity index (χ4n) is 2.86. The van der Waals surface area contributed by atoms with Crippen LogP contribution >= 0.6 is 0 Å². The molecule has 5 nitrogen and oxygen atoms in total. The number of halogens is 1. The molecular formula is C18H23FN4O. The van der Waals surface area contributed by atoms with Crippen LogP contribution in [0.4, 0.5) is 10.3 Å². The summed E-state index contributed by atoms with van der Waals surface area (Å²) in [5, 5.41) is 3.37. The van der Waals surface area contributed by atoms with Crippen molar-refractivity contribution < 1.29 is 9.13 Å². The predicted octanol–water partition coefficient (Wildman–Crippen LogP) is 3.08. The molecule has 0 amide bonds. The van der Waals surface area contributed by atoms with Gasteiger partial charge in [-0.15, -0.1) is 0 Å². The Bertz CT molecular complexity index is 671. The lowest BCUT2D eigenvalue weighted by atomic mass is 10.1. The second-order valence-electron chi connectivity index (χ2n) is 6.08. The molecule has 128 valence electrons. The standard InChI is InChI=1S/C18H23FN4O/c1-13(15-5-6-17(24-2)16(19)9-15)20-10-14-11-21-18(22-12-14)23-7-3-4-8-23/h5-6,9,11-13,20H,3-4,7-8,10H2,1-2H3/t13-/m0/s1. The van der Waals surface area contributed by atoms with Crippen LogP contribution in [0, 0.1) is 5.82 Å². The van der Waals surface area contributed by atoms with Gasteiger partial charge in [0.05, 0.1) is 7.11 Å². The highest BCUT2D eigenvalue weighted by atomic mass is 19.1. The number of ether oxygens (including phenoxy) is 1. The lowest BCUT2D eigenvalue weighted by Gasteiger charge is -2.16. The van der Waals surface area contributed by atoms with Crippen molar-refractivity contribution in [2.75, 3.05) is 25.1 Å². The van der Waals surface area contributed by atoms with E-state index in [4.69, 9.17) is 4.74 Å². The number of aromatic nitrogens is 2. The fraction of sp³-hybridized carbons (Fsp3) is 0.444. The maximum absolute atomic E-state index is 13.8. The molecule has 0 bridgehead atoms. The van der Waals surface area contributed by atoms with Gasteiger partial charge in [0, 0.05) is 43.6 Å². The third-order valence-corrected chi connectivity index (χ3v) is 4.37. The molecule has 0 unspecified atom stereocenters. The SMILES string of the molecule is COc1ccc([C@H](C)NCc2cnc(N3CCCC3)nc2)cc1F. The van der Waals surface area contributed by atoms with Crippen LogP contribution < -0.4 is 15.0 Å². The van der Waals surface area contributed by atoms with Crippen LogP contribution in [0.3, 0.4) is 0 Å². The Morgan fingerprint density at radius 2 is 1.96 bits per heavy atom. The molecule has 0 radical (unpaired) electrons. The molecule has 2 heterocycles. The maximum atomic E-state index is 13.8. The molecule has 1 aromatic carbocycles. The third-order valence-electron chi connectivity index (χ3n) is 4.37. The number of nitrogens with zero attached hydrogens (tertiary/aromatic N) is 3. The zero-order valence-corrected chi connectivity index (χ0v) is 14.1. The van der Waals surface area contributed by atoms with Crippen molar-refractivity contribution in [3.05, 3.63) is 47.5 Å². The van der Waals surface area contributed by atoms with Crippen molar-refractivity contribution >= 4 is 5.95 Å². The van der Waals surface area contributed by atoms with E-state index in [1.54, 1.807) is 6.07 Å². The molecule has 1 fully saturated rings. The normalized spacial score (nSPS) is 15.5. The molecule has 1 N–H and O–H groups in total. The number of anilines is 1. The fourth-order valence-corrected chi connectivity index (χ4v) is 2.86. The van der Waals surface area contributed by atoms with Crippen molar-refractivity contribution in [1.82, 2.24) is 15.3 Å². The Kier molecular flexibility index (Phi) is 5.25. The number of rotatable bonds is 6. The molecular weight excluding hydrogens is 307 g/mol. The summed E-state index contributed by atoms with van der Waals surface area (Å²) in [6.45, 7) is 4.71. The van der Waals surface area contributed by atoms with Crippen LogP contribution in [0.15, 0.2) is 30.6 Å². The summed E-state index contributed by atoms with van der Waals surface area (Å²) >= 11 is 0. The summed E-state index contributed by atoms with van der Waals surface area (Å²) in [5.41, 5.74) is 1.89. The van der Waals surface area contributed by atoms with Gasteiger partial charge in [-0.3, -0.25) is 0 Å². The summed E-state index contributed by atoms with van der Waals surface area (Å²) in [5.74, 6) is 0.723. The number of hydrogen-bond donors (Lipinski definition) is 1. The van der Waals surface area contributed by atoms with E-state index >= 15 is 0 Å². The average molecular weight is 330 g/mol. The van der Waals surface area contributed by atoms with Gasteiger partial charge in [-0.05, 0) is 37.5 Å². The first kappa shape index (κ1) is 16.6. The Balaban J connectivity index is 1.57. The summed E-state index contributed by atoms with van der Waals surface area (Å²) in [6, 6.07) is 5.04. The monoisotopic (exact) mass is 330 g/mol. The zero-order chi connectivity index (χ0) is 16.9. The molecule has 6 heteroatoms. The molecule has 1 aromatic heterocycles. The van der Waals surface area contributed by atoms with Gasteiger partial charge in [0.1, 0.15) is 0 Å². The van der Waals surface area contributed by atoms with E-state index in [9.17, 15) is 4.39 Å². The average Bonchev–Trinajstić information content (AvgIpc) is 3.14. The Labute approximate surface area is 141 Å². The second-order valence-corrected chi connectivity index (χ2v) is 6.08. The van der Waals surface area contributed by atoms with Crippen LogP contribution in [0.1, 0.15) is 36.9 Å². The molecule has 0 saturated carbocycles. The van der Waals surface area contributed by atoms with Crippen LogP contribution in [-0.2, 0) is 6.54 Å². The summed E-state index contributed by atoms with van der Waals surface area (Å²) < 4.78 is 18.7. The first-order valence-electron chi connectivity index (χ1n) is 8.30. The van der Waals surface area contributed by atoms with E-state index in [1.165, 1.54) is 26.0 Å². The first-order valence-corrected chi connectivity index (χ1v) is 8.30. The summed E-state index contributed by atoms with van der Waals surface area (Å²) in [7, 11) is 1.46. The Morgan fingerprint density at radius 3 is 2.58 bits per heavy atom. The second kappa shape index (κ2) is 7.57. The van der Waals surface area contributed by atoms with Gasteiger partial charge < -0.3 is 15.0 Å². The van der Waals surface area contributed by atoms with Crippen molar-refractivity contribution in [3.63, 3.8) is 0 Å².